The first-order valence-electron chi connectivity index (χ1n) is 6.42. The first-order valence-corrected chi connectivity index (χ1v) is 7.61. The topological polar surface area (TPSA) is 49.6 Å². The van der Waals surface area contributed by atoms with E-state index < -0.39 is 0 Å². The molecule has 1 fully saturated rings. The summed E-state index contributed by atoms with van der Waals surface area (Å²) >= 11 is 7.40. The molecule has 0 bridgehead atoms. The zero-order valence-electron chi connectivity index (χ0n) is 11.3. The van der Waals surface area contributed by atoms with E-state index in [4.69, 9.17) is 17.3 Å². The molecule has 1 aromatic rings. The van der Waals surface area contributed by atoms with Gasteiger partial charge in [0.1, 0.15) is 0 Å². The summed E-state index contributed by atoms with van der Waals surface area (Å²) in [5.41, 5.74) is 5.97. The van der Waals surface area contributed by atoms with Gasteiger partial charge in [-0.3, -0.25) is 9.69 Å². The van der Waals surface area contributed by atoms with Gasteiger partial charge >= 0.3 is 0 Å². The van der Waals surface area contributed by atoms with Crippen LogP contribution in [0, 0.1) is 5.92 Å². The molecule has 106 valence electrons. The van der Waals surface area contributed by atoms with Gasteiger partial charge in [-0.05, 0) is 18.1 Å². The average Bonchev–Trinajstić information content (AvgIpc) is 2.86. The second kappa shape index (κ2) is 6.22. The third-order valence-corrected chi connectivity index (χ3v) is 4.77. The number of carbonyl (C=O) groups is 1. The van der Waals surface area contributed by atoms with Gasteiger partial charge in [-0.15, -0.1) is 11.3 Å². The Morgan fingerprint density at radius 3 is 2.84 bits per heavy atom. The van der Waals surface area contributed by atoms with Crippen molar-refractivity contribution in [2.75, 3.05) is 26.7 Å². The van der Waals surface area contributed by atoms with Crippen LogP contribution in [-0.4, -0.2) is 48.4 Å². The van der Waals surface area contributed by atoms with Crippen LogP contribution in [0.15, 0.2) is 12.1 Å². The van der Waals surface area contributed by atoms with Crippen LogP contribution in [0.4, 0.5) is 0 Å². The van der Waals surface area contributed by atoms with E-state index in [-0.39, 0.29) is 11.9 Å². The van der Waals surface area contributed by atoms with Gasteiger partial charge in [0.2, 0.25) is 5.91 Å². The highest BCUT2D eigenvalue weighted by Gasteiger charge is 2.28. The first-order chi connectivity index (χ1) is 8.95. The number of hydrogen-bond donors (Lipinski definition) is 1. The van der Waals surface area contributed by atoms with Gasteiger partial charge in [0, 0.05) is 31.1 Å². The SMILES string of the molecule is CC1CN(CC(=O)N(C)Cc2ccc(Cl)s2)CC1N. The molecular weight excluding hydrogens is 282 g/mol. The molecule has 0 aromatic carbocycles. The number of rotatable bonds is 4. The minimum absolute atomic E-state index is 0.130. The summed E-state index contributed by atoms with van der Waals surface area (Å²) < 4.78 is 0.759. The third-order valence-electron chi connectivity index (χ3n) is 3.55. The van der Waals surface area contributed by atoms with Crippen molar-refractivity contribution in [1.29, 1.82) is 0 Å². The van der Waals surface area contributed by atoms with Crippen LogP contribution in [0.2, 0.25) is 4.34 Å². The number of nitrogens with two attached hydrogens (primary N) is 1. The predicted octanol–water partition coefficient (Wildman–Crippen LogP) is 1.64. The summed E-state index contributed by atoms with van der Waals surface area (Å²) in [7, 11) is 1.83. The summed E-state index contributed by atoms with van der Waals surface area (Å²) in [4.78, 5) is 17.1. The molecule has 2 heterocycles. The van der Waals surface area contributed by atoms with E-state index >= 15 is 0 Å². The van der Waals surface area contributed by atoms with Gasteiger partial charge in [0.05, 0.1) is 17.4 Å². The lowest BCUT2D eigenvalue weighted by atomic mass is 10.1. The molecule has 1 aliphatic rings. The highest BCUT2D eigenvalue weighted by molar-refractivity contribution is 7.16. The van der Waals surface area contributed by atoms with Crippen molar-refractivity contribution in [2.45, 2.75) is 19.5 Å². The Labute approximate surface area is 123 Å². The second-order valence-electron chi connectivity index (χ2n) is 5.29. The standard InChI is InChI=1S/C13H20ClN3OS/c1-9-5-17(7-11(9)15)8-13(18)16(2)6-10-3-4-12(14)19-10/h3-4,9,11H,5-8,15H2,1-2H3. The Kier molecular flexibility index (Phi) is 4.84. The quantitative estimate of drug-likeness (QED) is 0.920. The van der Waals surface area contributed by atoms with E-state index in [1.807, 2.05) is 19.2 Å². The Bertz CT molecular complexity index is 441. The maximum absolute atomic E-state index is 12.1. The summed E-state index contributed by atoms with van der Waals surface area (Å²) in [6.45, 7) is 4.92. The van der Waals surface area contributed by atoms with Gasteiger partial charge in [-0.25, -0.2) is 0 Å². The summed E-state index contributed by atoms with van der Waals surface area (Å²) in [6, 6.07) is 4.01. The molecule has 1 aliphatic heterocycles. The fourth-order valence-corrected chi connectivity index (χ4v) is 3.44. The van der Waals surface area contributed by atoms with Crippen molar-refractivity contribution in [3.63, 3.8) is 0 Å². The molecule has 2 unspecified atom stereocenters. The maximum Gasteiger partial charge on any atom is 0.236 e. The Morgan fingerprint density at radius 1 is 1.58 bits per heavy atom. The average molecular weight is 302 g/mol. The largest absolute Gasteiger partial charge is 0.340 e. The van der Waals surface area contributed by atoms with Crippen LogP contribution in [0.1, 0.15) is 11.8 Å². The fourth-order valence-electron chi connectivity index (χ4n) is 2.30. The summed E-state index contributed by atoms with van der Waals surface area (Å²) in [6.07, 6.45) is 0. The number of likely N-dealkylation sites (N-methyl/N-ethyl adjacent to an activating group) is 1. The van der Waals surface area contributed by atoms with Crippen LogP contribution in [0.25, 0.3) is 0 Å². The Balaban J connectivity index is 1.83. The highest BCUT2D eigenvalue weighted by Crippen LogP contribution is 2.22. The molecule has 0 aliphatic carbocycles. The van der Waals surface area contributed by atoms with Gasteiger partial charge in [0.25, 0.3) is 0 Å². The smallest absolute Gasteiger partial charge is 0.236 e. The molecule has 4 nitrogen and oxygen atoms in total. The van der Waals surface area contributed by atoms with Crippen LogP contribution in [-0.2, 0) is 11.3 Å². The predicted molar refractivity (Wildman–Crippen MR) is 79.4 cm³/mol. The molecule has 1 saturated heterocycles. The molecule has 2 atom stereocenters. The van der Waals surface area contributed by atoms with Gasteiger partial charge < -0.3 is 10.6 Å². The van der Waals surface area contributed by atoms with E-state index in [0.717, 1.165) is 22.3 Å². The number of thiophene rings is 1. The number of amides is 1. The maximum atomic E-state index is 12.1. The van der Waals surface area contributed by atoms with Crippen molar-refractivity contribution in [3.8, 4) is 0 Å². The number of halogens is 1. The molecule has 0 saturated carbocycles. The van der Waals surface area contributed by atoms with Crippen LogP contribution in [0.5, 0.6) is 0 Å². The molecule has 2 N–H and O–H groups in total. The van der Waals surface area contributed by atoms with Crippen LogP contribution < -0.4 is 5.73 Å². The minimum atomic E-state index is 0.130. The van der Waals surface area contributed by atoms with E-state index in [0.29, 0.717) is 19.0 Å². The van der Waals surface area contributed by atoms with Crippen LogP contribution >= 0.6 is 22.9 Å². The van der Waals surface area contributed by atoms with Crippen molar-refractivity contribution >= 4 is 28.8 Å². The lowest BCUT2D eigenvalue weighted by Gasteiger charge is -2.21. The van der Waals surface area contributed by atoms with Crippen molar-refractivity contribution in [1.82, 2.24) is 9.80 Å². The first kappa shape index (κ1) is 14.8. The van der Waals surface area contributed by atoms with E-state index in [1.54, 1.807) is 4.90 Å². The van der Waals surface area contributed by atoms with Gasteiger partial charge in [-0.1, -0.05) is 18.5 Å². The number of likely N-dealkylation sites (tertiary alicyclic amines) is 1. The van der Waals surface area contributed by atoms with E-state index in [9.17, 15) is 4.79 Å². The number of nitrogens with zero attached hydrogens (tertiary/aromatic N) is 2. The molecule has 2 rings (SSSR count). The summed E-state index contributed by atoms with van der Waals surface area (Å²) in [5.74, 6) is 0.597. The molecule has 0 spiro atoms. The van der Waals surface area contributed by atoms with Crippen molar-refractivity contribution < 1.29 is 4.79 Å². The molecule has 0 radical (unpaired) electrons. The normalized spacial score (nSPS) is 23.8. The third kappa shape index (κ3) is 3.92. The van der Waals surface area contributed by atoms with Crippen molar-refractivity contribution in [3.05, 3.63) is 21.3 Å². The van der Waals surface area contributed by atoms with Gasteiger partial charge in [-0.2, -0.15) is 0 Å². The second-order valence-corrected chi connectivity index (χ2v) is 7.09. The zero-order valence-corrected chi connectivity index (χ0v) is 12.9. The Morgan fingerprint density at radius 2 is 2.32 bits per heavy atom. The van der Waals surface area contributed by atoms with Gasteiger partial charge in [0.15, 0.2) is 0 Å². The molecule has 1 amide bonds. The van der Waals surface area contributed by atoms with E-state index in [2.05, 4.69) is 11.8 Å². The van der Waals surface area contributed by atoms with Crippen molar-refractivity contribution in [2.24, 2.45) is 11.7 Å². The molecule has 6 heteroatoms. The number of carbonyl (C=O) groups excluding carboxylic acids is 1. The molecule has 19 heavy (non-hydrogen) atoms. The van der Waals surface area contributed by atoms with E-state index in [1.165, 1.54) is 11.3 Å². The monoisotopic (exact) mass is 301 g/mol. The van der Waals surface area contributed by atoms with Crippen LogP contribution in [0.3, 0.4) is 0 Å². The molecular formula is C13H20ClN3OS. The molecule has 1 aromatic heterocycles. The Hall–Kier alpha value is -0.620. The lowest BCUT2D eigenvalue weighted by molar-refractivity contribution is -0.131. The number of hydrogen-bond acceptors (Lipinski definition) is 4. The fraction of sp³-hybridized carbons (Fsp3) is 0.615. The summed E-state index contributed by atoms with van der Waals surface area (Å²) in [5, 5.41) is 0. The minimum Gasteiger partial charge on any atom is -0.340 e. The lowest BCUT2D eigenvalue weighted by Crippen LogP contribution is -2.38. The highest BCUT2D eigenvalue weighted by atomic mass is 35.5. The zero-order chi connectivity index (χ0) is 14.0.